The Labute approximate surface area is 247 Å². The number of hydrogen-bond donors (Lipinski definition) is 0. The Morgan fingerprint density at radius 1 is 0.878 bits per heavy atom. The molecule has 0 atom stereocenters. The lowest BCUT2D eigenvalue weighted by Gasteiger charge is -2.17. The van der Waals surface area contributed by atoms with Crippen LogP contribution < -0.4 is 10.4 Å². The molecular weight excluding hydrogens is 561 g/mol. The lowest BCUT2D eigenvalue weighted by atomic mass is 10.1. The van der Waals surface area contributed by atoms with Crippen LogP contribution in [0, 0.1) is 5.92 Å². The van der Waals surface area contributed by atoms with Crippen LogP contribution >= 0.6 is 23.2 Å². The van der Waals surface area contributed by atoms with Crippen molar-refractivity contribution in [3.05, 3.63) is 134 Å². The van der Waals surface area contributed by atoms with E-state index in [0.29, 0.717) is 28.6 Å². The van der Waals surface area contributed by atoms with Gasteiger partial charge in [0.05, 0.1) is 11.2 Å². The summed E-state index contributed by atoms with van der Waals surface area (Å²) in [4.78, 5) is 37.5. The van der Waals surface area contributed by atoms with Crippen molar-refractivity contribution in [2.24, 2.45) is 5.92 Å². The highest BCUT2D eigenvalue weighted by Crippen LogP contribution is 2.32. The number of aromatic nitrogens is 3. The lowest BCUT2D eigenvalue weighted by molar-refractivity contribution is 0.0801. The first-order chi connectivity index (χ1) is 19.8. The quantitative estimate of drug-likeness (QED) is 0.183. The van der Waals surface area contributed by atoms with Crippen molar-refractivity contribution in [1.82, 2.24) is 14.3 Å². The lowest BCUT2D eigenvalue weighted by Crippen LogP contribution is -2.34. The van der Waals surface area contributed by atoms with E-state index in [4.69, 9.17) is 32.8 Å². The number of rotatable bonds is 9. The number of para-hydroxylation sites is 1. The Morgan fingerprint density at radius 2 is 1.49 bits per heavy atom. The third kappa shape index (κ3) is 6.32. The third-order valence-electron chi connectivity index (χ3n) is 6.60. The van der Waals surface area contributed by atoms with Crippen molar-refractivity contribution in [2.45, 2.75) is 39.9 Å². The molecule has 0 aliphatic rings. The fourth-order valence-corrected chi connectivity index (χ4v) is 5.23. The molecule has 0 spiro atoms. The Kier molecular flexibility index (Phi) is 8.76. The first-order valence-corrected chi connectivity index (χ1v) is 14.1. The van der Waals surface area contributed by atoms with Crippen LogP contribution in [-0.4, -0.2) is 20.4 Å². The van der Waals surface area contributed by atoms with Gasteiger partial charge in [0.15, 0.2) is 5.15 Å². The molecule has 210 valence electrons. The van der Waals surface area contributed by atoms with Crippen molar-refractivity contribution < 1.29 is 14.4 Å². The van der Waals surface area contributed by atoms with Gasteiger partial charge in [0, 0.05) is 17.4 Å². The van der Waals surface area contributed by atoms with Crippen LogP contribution in [0.1, 0.15) is 41.9 Å². The van der Waals surface area contributed by atoms with E-state index in [1.165, 1.54) is 9.30 Å². The Hall–Kier alpha value is -4.07. The SMILES string of the molecule is CC(C)Cc1c(Cl)nc(Cc2c(Cl)n(C(=O)OCc3ccccc3)c3ccccc23)c(=O)n1OCc1ccccc1. The van der Waals surface area contributed by atoms with Crippen LogP contribution in [0.4, 0.5) is 4.79 Å². The largest absolute Gasteiger partial charge is 0.444 e. The number of benzene rings is 3. The summed E-state index contributed by atoms with van der Waals surface area (Å²) in [6, 6.07) is 26.2. The number of ether oxygens (including phenoxy) is 1. The van der Waals surface area contributed by atoms with E-state index >= 15 is 0 Å². The van der Waals surface area contributed by atoms with Crippen molar-refractivity contribution in [3.8, 4) is 0 Å². The Balaban J connectivity index is 1.51. The van der Waals surface area contributed by atoms with Gasteiger partial charge in [-0.2, -0.15) is 0 Å². The summed E-state index contributed by atoms with van der Waals surface area (Å²) in [5.74, 6) is 0.209. The van der Waals surface area contributed by atoms with Crippen molar-refractivity contribution in [2.75, 3.05) is 0 Å². The maximum Gasteiger partial charge on any atom is 0.420 e. The van der Waals surface area contributed by atoms with Gasteiger partial charge in [0.2, 0.25) is 0 Å². The normalized spacial score (nSPS) is 11.2. The number of carbonyl (C=O) groups excluding carboxylic acids is 1. The van der Waals surface area contributed by atoms with Gasteiger partial charge in [0.25, 0.3) is 0 Å². The van der Waals surface area contributed by atoms with Crippen LogP contribution in [0.3, 0.4) is 0 Å². The van der Waals surface area contributed by atoms with Gasteiger partial charge < -0.3 is 9.57 Å². The van der Waals surface area contributed by atoms with Gasteiger partial charge in [-0.3, -0.25) is 4.79 Å². The second-order valence-electron chi connectivity index (χ2n) is 10.1. The van der Waals surface area contributed by atoms with E-state index in [1.807, 2.05) is 92.7 Å². The molecule has 2 aromatic heterocycles. The molecule has 0 radical (unpaired) electrons. The predicted octanol–water partition coefficient (Wildman–Crippen LogP) is 7.11. The van der Waals surface area contributed by atoms with Gasteiger partial charge >= 0.3 is 11.7 Å². The van der Waals surface area contributed by atoms with Crippen LogP contribution in [0.5, 0.6) is 0 Å². The molecule has 9 heteroatoms. The molecule has 7 nitrogen and oxygen atoms in total. The molecule has 5 rings (SSSR count). The summed E-state index contributed by atoms with van der Waals surface area (Å²) in [7, 11) is 0. The van der Waals surface area contributed by atoms with Crippen molar-refractivity contribution in [1.29, 1.82) is 0 Å². The maximum atomic E-state index is 13.8. The van der Waals surface area contributed by atoms with E-state index in [-0.39, 0.29) is 41.6 Å². The van der Waals surface area contributed by atoms with Crippen LogP contribution in [-0.2, 0) is 30.8 Å². The van der Waals surface area contributed by atoms with Gasteiger partial charge in [-0.25, -0.2) is 14.3 Å². The maximum absolute atomic E-state index is 13.8. The van der Waals surface area contributed by atoms with E-state index < -0.39 is 11.7 Å². The fourth-order valence-electron chi connectivity index (χ4n) is 4.65. The second-order valence-corrected chi connectivity index (χ2v) is 10.8. The summed E-state index contributed by atoms with van der Waals surface area (Å²) in [5, 5.41) is 1.03. The molecule has 2 heterocycles. The molecule has 0 N–H and O–H groups in total. The second kappa shape index (κ2) is 12.6. The number of hydrogen-bond acceptors (Lipinski definition) is 5. The summed E-state index contributed by atoms with van der Waals surface area (Å²) in [6.45, 7) is 4.33. The molecule has 0 bridgehead atoms. The molecule has 0 saturated heterocycles. The minimum absolute atomic E-state index is 0.0352. The minimum Gasteiger partial charge on any atom is -0.444 e. The molecule has 0 aliphatic carbocycles. The summed E-state index contributed by atoms with van der Waals surface area (Å²) >= 11 is 13.5. The molecule has 0 unspecified atom stereocenters. The van der Waals surface area contributed by atoms with E-state index in [1.54, 1.807) is 6.07 Å². The van der Waals surface area contributed by atoms with E-state index in [0.717, 1.165) is 11.1 Å². The molecule has 41 heavy (non-hydrogen) atoms. The molecule has 5 aromatic rings. The van der Waals surface area contributed by atoms with Gasteiger partial charge in [-0.15, -0.1) is 4.73 Å². The highest BCUT2D eigenvalue weighted by atomic mass is 35.5. The van der Waals surface area contributed by atoms with E-state index in [2.05, 4.69) is 4.98 Å². The molecule has 0 amide bonds. The molecule has 0 saturated carbocycles. The zero-order valence-electron chi connectivity index (χ0n) is 22.7. The third-order valence-corrected chi connectivity index (χ3v) is 7.30. The van der Waals surface area contributed by atoms with Crippen LogP contribution in [0.15, 0.2) is 89.7 Å². The Morgan fingerprint density at radius 3 is 2.15 bits per heavy atom. The average Bonchev–Trinajstić information content (AvgIpc) is 3.25. The summed E-state index contributed by atoms with van der Waals surface area (Å²) < 4.78 is 8.13. The highest BCUT2D eigenvalue weighted by molar-refractivity contribution is 6.33. The Bertz CT molecular complexity index is 1730. The van der Waals surface area contributed by atoms with Crippen molar-refractivity contribution >= 4 is 40.2 Å². The van der Waals surface area contributed by atoms with E-state index in [9.17, 15) is 9.59 Å². The number of fused-ring (bicyclic) bond motifs is 1. The van der Waals surface area contributed by atoms with Gasteiger partial charge in [0.1, 0.15) is 24.1 Å². The van der Waals surface area contributed by atoms with Gasteiger partial charge in [-0.05, 0) is 29.5 Å². The minimum atomic E-state index is -0.622. The van der Waals surface area contributed by atoms with Crippen LogP contribution in [0.25, 0.3) is 10.9 Å². The first-order valence-electron chi connectivity index (χ1n) is 13.3. The molecule has 0 aliphatic heterocycles. The average molecular weight is 591 g/mol. The fraction of sp³-hybridized carbons (Fsp3) is 0.219. The topological polar surface area (TPSA) is 75.4 Å². The summed E-state index contributed by atoms with van der Waals surface area (Å²) in [5.41, 5.74) is 3.11. The zero-order chi connectivity index (χ0) is 28.9. The number of carbonyl (C=O) groups is 1. The first kappa shape index (κ1) is 28.5. The predicted molar refractivity (Wildman–Crippen MR) is 161 cm³/mol. The smallest absolute Gasteiger partial charge is 0.420 e. The van der Waals surface area contributed by atoms with Gasteiger partial charge in [-0.1, -0.05) is 116 Å². The summed E-state index contributed by atoms with van der Waals surface area (Å²) in [6.07, 6.45) is -0.0834. The molecule has 0 fully saturated rings. The number of nitrogens with zero attached hydrogens (tertiary/aromatic N) is 3. The van der Waals surface area contributed by atoms with Crippen molar-refractivity contribution in [3.63, 3.8) is 0 Å². The highest BCUT2D eigenvalue weighted by Gasteiger charge is 2.25. The zero-order valence-corrected chi connectivity index (χ0v) is 24.2. The standard InChI is InChI=1S/C32H29Cl2N3O4/c1-21(2)17-28-29(33)35-26(31(38)37(28)41-20-23-13-7-4-8-14-23)18-25-24-15-9-10-16-27(24)36(30(25)34)32(39)40-19-22-11-5-3-6-12-22/h3-16,21H,17-20H2,1-2H3. The molecular formula is C32H29Cl2N3O4. The monoisotopic (exact) mass is 589 g/mol. The number of halogens is 2. The molecule has 3 aromatic carbocycles. The van der Waals surface area contributed by atoms with Crippen LogP contribution in [0.2, 0.25) is 10.3 Å².